The summed E-state index contributed by atoms with van der Waals surface area (Å²) in [6.07, 6.45) is 2.31. The van der Waals surface area contributed by atoms with E-state index in [1.54, 1.807) is 7.11 Å². The van der Waals surface area contributed by atoms with Gasteiger partial charge in [-0.3, -0.25) is 5.84 Å². The lowest BCUT2D eigenvalue weighted by molar-refractivity contribution is 0.115. The summed E-state index contributed by atoms with van der Waals surface area (Å²) in [6, 6.07) is 8.63. The third kappa shape index (κ3) is 3.45. The molecule has 2 rings (SSSR count). The van der Waals surface area contributed by atoms with Gasteiger partial charge in [0.05, 0.1) is 7.11 Å². The Morgan fingerprint density at radius 2 is 1.89 bits per heavy atom. The number of benzene rings is 1. The molecule has 1 aromatic carbocycles. The zero-order chi connectivity index (χ0) is 13.0. The highest BCUT2D eigenvalue weighted by Gasteiger charge is 2.20. The Morgan fingerprint density at radius 1 is 1.28 bits per heavy atom. The predicted molar refractivity (Wildman–Crippen MR) is 73.2 cm³/mol. The third-order valence-corrected chi connectivity index (χ3v) is 3.68. The number of likely N-dealkylation sites (tertiary alicyclic amines) is 1. The molecule has 1 aromatic rings. The summed E-state index contributed by atoms with van der Waals surface area (Å²) < 4.78 is 5.15. The smallest absolute Gasteiger partial charge is 0.118 e. The molecule has 18 heavy (non-hydrogen) atoms. The summed E-state index contributed by atoms with van der Waals surface area (Å²) in [5, 5.41) is 1.98. The van der Waals surface area contributed by atoms with Gasteiger partial charge in [0.2, 0.25) is 0 Å². The van der Waals surface area contributed by atoms with Crippen LogP contribution in [0.15, 0.2) is 24.3 Å². The maximum absolute atomic E-state index is 6.18. The lowest BCUT2D eigenvalue weighted by Gasteiger charge is -2.34. The lowest BCUT2D eigenvalue weighted by Crippen LogP contribution is -2.46. The van der Waals surface area contributed by atoms with Gasteiger partial charge >= 0.3 is 0 Å². The summed E-state index contributed by atoms with van der Waals surface area (Å²) in [6.45, 7) is 3.08. The van der Waals surface area contributed by atoms with Gasteiger partial charge in [-0.25, -0.2) is 5.01 Å². The molecule has 1 saturated heterocycles. The minimum Gasteiger partial charge on any atom is -0.497 e. The van der Waals surface area contributed by atoms with Crippen molar-refractivity contribution in [3.63, 3.8) is 0 Å². The Morgan fingerprint density at radius 3 is 2.44 bits per heavy atom. The van der Waals surface area contributed by atoms with Crippen LogP contribution in [0.2, 0.25) is 0 Å². The van der Waals surface area contributed by atoms with E-state index in [-0.39, 0.29) is 0 Å². The molecule has 0 spiro atoms. The first kappa shape index (κ1) is 13.3. The van der Waals surface area contributed by atoms with Crippen LogP contribution < -0.4 is 10.6 Å². The van der Waals surface area contributed by atoms with E-state index in [4.69, 9.17) is 10.6 Å². The molecule has 0 radical (unpaired) electrons. The molecule has 0 aromatic heterocycles. The van der Waals surface area contributed by atoms with Gasteiger partial charge in [0.15, 0.2) is 0 Å². The predicted octanol–water partition coefficient (Wildman–Crippen LogP) is 1.47. The van der Waals surface area contributed by atoms with Gasteiger partial charge in [0, 0.05) is 12.6 Å². The first-order chi connectivity index (χ1) is 8.69. The second kappa shape index (κ2) is 6.18. The van der Waals surface area contributed by atoms with E-state index in [2.05, 4.69) is 24.1 Å². The molecule has 0 atom stereocenters. The lowest BCUT2D eigenvalue weighted by atomic mass is 10.0. The molecule has 0 unspecified atom stereocenters. The highest BCUT2D eigenvalue weighted by Crippen LogP contribution is 2.17. The Balaban J connectivity index is 1.87. The number of hydrazine groups is 1. The van der Waals surface area contributed by atoms with E-state index in [1.165, 1.54) is 5.56 Å². The van der Waals surface area contributed by atoms with Crippen LogP contribution in [0, 0.1) is 0 Å². The molecule has 2 N–H and O–H groups in total. The fourth-order valence-electron chi connectivity index (χ4n) is 2.40. The van der Waals surface area contributed by atoms with Gasteiger partial charge in [0.25, 0.3) is 0 Å². The fourth-order valence-corrected chi connectivity index (χ4v) is 2.40. The van der Waals surface area contributed by atoms with Gasteiger partial charge in [-0.15, -0.1) is 0 Å². The number of methoxy groups -OCH3 is 1. The zero-order valence-electron chi connectivity index (χ0n) is 11.3. The summed E-state index contributed by atoms with van der Waals surface area (Å²) >= 11 is 0. The maximum atomic E-state index is 6.18. The maximum Gasteiger partial charge on any atom is 0.118 e. The molecule has 0 bridgehead atoms. The Bertz CT molecular complexity index is 358. The molecule has 1 aliphatic rings. The summed E-state index contributed by atoms with van der Waals surface area (Å²) in [7, 11) is 3.85. The van der Waals surface area contributed by atoms with Gasteiger partial charge < -0.3 is 9.64 Å². The van der Waals surface area contributed by atoms with Gasteiger partial charge in [0.1, 0.15) is 5.75 Å². The van der Waals surface area contributed by atoms with Crippen LogP contribution in [0.1, 0.15) is 18.4 Å². The Labute approximate surface area is 109 Å². The molecular formula is C14H23N3O. The SMILES string of the molecule is COc1ccc(CN(N)C2CCN(C)CC2)cc1. The molecular weight excluding hydrogens is 226 g/mol. The summed E-state index contributed by atoms with van der Waals surface area (Å²) in [4.78, 5) is 2.36. The standard InChI is InChI=1S/C14H23N3O/c1-16-9-7-13(8-10-16)17(15)11-12-3-5-14(18-2)6-4-12/h3-6,13H,7-11,15H2,1-2H3. The van der Waals surface area contributed by atoms with E-state index in [0.717, 1.165) is 38.2 Å². The van der Waals surface area contributed by atoms with Gasteiger partial charge in [-0.1, -0.05) is 12.1 Å². The van der Waals surface area contributed by atoms with Crippen LogP contribution in [0.4, 0.5) is 0 Å². The van der Waals surface area contributed by atoms with Crippen molar-refractivity contribution in [3.8, 4) is 5.75 Å². The first-order valence-electron chi connectivity index (χ1n) is 6.52. The average Bonchev–Trinajstić information content (AvgIpc) is 2.40. The number of ether oxygens (including phenoxy) is 1. The summed E-state index contributed by atoms with van der Waals surface area (Å²) in [5.74, 6) is 7.07. The van der Waals surface area contributed by atoms with Crippen LogP contribution >= 0.6 is 0 Å². The van der Waals surface area contributed by atoms with Crippen molar-refractivity contribution in [2.75, 3.05) is 27.2 Å². The topological polar surface area (TPSA) is 41.7 Å². The third-order valence-electron chi connectivity index (χ3n) is 3.68. The molecule has 4 heteroatoms. The highest BCUT2D eigenvalue weighted by atomic mass is 16.5. The van der Waals surface area contributed by atoms with E-state index < -0.39 is 0 Å². The number of piperidine rings is 1. The van der Waals surface area contributed by atoms with Crippen LogP contribution in [0.25, 0.3) is 0 Å². The second-order valence-corrected chi connectivity index (χ2v) is 5.05. The van der Waals surface area contributed by atoms with Crippen LogP contribution in [-0.2, 0) is 6.54 Å². The second-order valence-electron chi connectivity index (χ2n) is 5.05. The van der Waals surface area contributed by atoms with Crippen molar-refractivity contribution in [1.82, 2.24) is 9.91 Å². The number of hydrogen-bond donors (Lipinski definition) is 1. The van der Waals surface area contributed by atoms with E-state index in [9.17, 15) is 0 Å². The normalized spacial score (nSPS) is 18.2. The average molecular weight is 249 g/mol. The van der Waals surface area contributed by atoms with Crippen molar-refractivity contribution < 1.29 is 4.74 Å². The number of hydrogen-bond acceptors (Lipinski definition) is 4. The number of rotatable bonds is 4. The van der Waals surface area contributed by atoms with Crippen molar-refractivity contribution in [2.45, 2.75) is 25.4 Å². The van der Waals surface area contributed by atoms with Crippen molar-refractivity contribution in [3.05, 3.63) is 29.8 Å². The van der Waals surface area contributed by atoms with Crippen LogP contribution in [0.3, 0.4) is 0 Å². The molecule has 0 amide bonds. The minimum absolute atomic E-state index is 0.503. The molecule has 0 aliphatic carbocycles. The van der Waals surface area contributed by atoms with Crippen molar-refractivity contribution in [1.29, 1.82) is 0 Å². The molecule has 1 fully saturated rings. The van der Waals surface area contributed by atoms with Crippen LogP contribution in [0.5, 0.6) is 5.75 Å². The molecule has 1 heterocycles. The molecule has 4 nitrogen and oxygen atoms in total. The summed E-state index contributed by atoms with van der Waals surface area (Å²) in [5.41, 5.74) is 1.23. The highest BCUT2D eigenvalue weighted by molar-refractivity contribution is 5.27. The molecule has 100 valence electrons. The molecule has 1 aliphatic heterocycles. The zero-order valence-corrected chi connectivity index (χ0v) is 11.3. The van der Waals surface area contributed by atoms with Gasteiger partial charge in [-0.2, -0.15) is 0 Å². The van der Waals surface area contributed by atoms with Crippen molar-refractivity contribution >= 4 is 0 Å². The fraction of sp³-hybridized carbons (Fsp3) is 0.571. The number of nitrogens with two attached hydrogens (primary N) is 1. The van der Waals surface area contributed by atoms with E-state index >= 15 is 0 Å². The first-order valence-corrected chi connectivity index (χ1v) is 6.52. The quantitative estimate of drug-likeness (QED) is 0.648. The van der Waals surface area contributed by atoms with Gasteiger partial charge in [-0.05, 0) is 50.7 Å². The minimum atomic E-state index is 0.503. The van der Waals surface area contributed by atoms with Crippen LogP contribution in [-0.4, -0.2) is 43.2 Å². The number of nitrogens with zero attached hydrogens (tertiary/aromatic N) is 2. The Kier molecular flexibility index (Phi) is 4.58. The molecule has 0 saturated carbocycles. The van der Waals surface area contributed by atoms with E-state index in [0.29, 0.717) is 6.04 Å². The van der Waals surface area contributed by atoms with Crippen molar-refractivity contribution in [2.24, 2.45) is 5.84 Å². The monoisotopic (exact) mass is 249 g/mol. The van der Waals surface area contributed by atoms with E-state index in [1.807, 2.05) is 17.1 Å². The largest absolute Gasteiger partial charge is 0.497 e. The Hall–Kier alpha value is -1.10.